The molecule has 0 radical (unpaired) electrons. The molecule has 2 heteroatoms. The van der Waals surface area contributed by atoms with Gasteiger partial charge >= 0.3 is 5.97 Å². The second-order valence-corrected chi connectivity index (χ2v) is 9.44. The van der Waals surface area contributed by atoms with Crippen LogP contribution in [0, 0.1) is 5.41 Å². The quantitative estimate of drug-likeness (QED) is 0.360. The van der Waals surface area contributed by atoms with Gasteiger partial charge in [-0.05, 0) is 72.4 Å². The number of fused-ring (bicyclic) bond motifs is 1. The zero-order valence-electron chi connectivity index (χ0n) is 19.7. The molecule has 0 unspecified atom stereocenters. The molecule has 32 heavy (non-hydrogen) atoms. The van der Waals surface area contributed by atoms with Crippen LogP contribution in [-0.2, 0) is 11.2 Å². The smallest absolute Gasteiger partial charge is 0.328 e. The lowest BCUT2D eigenvalue weighted by molar-refractivity contribution is -0.131. The summed E-state index contributed by atoms with van der Waals surface area (Å²) in [4.78, 5) is 10.7. The molecule has 2 aromatic carbocycles. The van der Waals surface area contributed by atoms with Crippen molar-refractivity contribution in [1.82, 2.24) is 0 Å². The van der Waals surface area contributed by atoms with Crippen molar-refractivity contribution < 1.29 is 9.90 Å². The summed E-state index contributed by atoms with van der Waals surface area (Å²) in [5.41, 5.74) is 6.39. The minimum atomic E-state index is -0.918. The molecule has 0 bridgehead atoms. The highest BCUT2D eigenvalue weighted by Gasteiger charge is 2.28. The van der Waals surface area contributed by atoms with E-state index in [9.17, 15) is 4.79 Å². The van der Waals surface area contributed by atoms with Crippen LogP contribution in [0.3, 0.4) is 0 Å². The van der Waals surface area contributed by atoms with Gasteiger partial charge < -0.3 is 5.11 Å². The van der Waals surface area contributed by atoms with Gasteiger partial charge in [0, 0.05) is 6.08 Å². The van der Waals surface area contributed by atoms with Crippen molar-refractivity contribution >= 4 is 16.7 Å². The van der Waals surface area contributed by atoms with Crippen molar-refractivity contribution in [3.05, 3.63) is 107 Å². The molecule has 0 saturated heterocycles. The normalized spacial score (nSPS) is 17.6. The van der Waals surface area contributed by atoms with E-state index in [4.69, 9.17) is 5.11 Å². The molecule has 0 spiro atoms. The first kappa shape index (κ1) is 23.5. The monoisotopic (exact) mass is 426 g/mol. The Bertz CT molecular complexity index is 1140. The Labute approximate surface area is 192 Å². The summed E-state index contributed by atoms with van der Waals surface area (Å²) < 4.78 is 0. The zero-order chi connectivity index (χ0) is 23.1. The van der Waals surface area contributed by atoms with Gasteiger partial charge in [0.25, 0.3) is 0 Å². The molecule has 0 fully saturated rings. The van der Waals surface area contributed by atoms with Crippen molar-refractivity contribution in [2.75, 3.05) is 0 Å². The van der Waals surface area contributed by atoms with Crippen molar-refractivity contribution in [3.63, 3.8) is 0 Å². The lowest BCUT2D eigenvalue weighted by Gasteiger charge is -2.34. The van der Waals surface area contributed by atoms with Gasteiger partial charge in [-0.3, -0.25) is 0 Å². The molecule has 0 heterocycles. The predicted octanol–water partition coefficient (Wildman–Crippen LogP) is 7.98. The standard InChI is InChI=1S/C30H34O2/c1-22(9-7-10-23(2)19-29(31)32)14-17-28-27(13-8-18-30(28,3)4)21-24-15-16-25-11-5-6-12-26(25)20-24/h5-7,9-12,14-17,19-20H,8,13,18,21H2,1-4H3,(H,31,32)/b10-7+,17-14+,22-9-,23-19+. The van der Waals surface area contributed by atoms with Crippen molar-refractivity contribution in [1.29, 1.82) is 0 Å². The Hall–Kier alpha value is -3.13. The number of carboxylic acid groups (broad SMARTS) is 1. The van der Waals surface area contributed by atoms with Gasteiger partial charge in [-0.25, -0.2) is 4.79 Å². The molecular weight excluding hydrogens is 392 g/mol. The fraction of sp³-hybridized carbons (Fsp3) is 0.300. The SMILES string of the molecule is CC(=C/C=C/C(C)=C/C(=O)O)/C=C/C1=C(Cc2ccc3ccccc3c2)CCCC1(C)C. The minimum Gasteiger partial charge on any atom is -0.478 e. The van der Waals surface area contributed by atoms with Crippen molar-refractivity contribution in [2.24, 2.45) is 5.41 Å². The van der Waals surface area contributed by atoms with Gasteiger partial charge in [0.2, 0.25) is 0 Å². The van der Waals surface area contributed by atoms with E-state index in [0.29, 0.717) is 0 Å². The van der Waals surface area contributed by atoms with Crippen LogP contribution in [0.4, 0.5) is 0 Å². The summed E-state index contributed by atoms with van der Waals surface area (Å²) in [6, 6.07) is 15.4. The van der Waals surface area contributed by atoms with E-state index in [1.54, 1.807) is 6.92 Å². The van der Waals surface area contributed by atoms with Gasteiger partial charge in [0.15, 0.2) is 0 Å². The third-order valence-electron chi connectivity index (χ3n) is 6.20. The molecule has 3 rings (SSSR count). The molecule has 1 aliphatic carbocycles. The fourth-order valence-electron chi connectivity index (χ4n) is 4.48. The first-order valence-electron chi connectivity index (χ1n) is 11.4. The van der Waals surface area contributed by atoms with Gasteiger partial charge in [0.05, 0.1) is 0 Å². The molecule has 166 valence electrons. The molecule has 2 nitrogen and oxygen atoms in total. The number of carboxylic acids is 1. The van der Waals surface area contributed by atoms with Crippen molar-refractivity contribution in [3.8, 4) is 0 Å². The molecule has 0 saturated carbocycles. The maximum atomic E-state index is 10.7. The minimum absolute atomic E-state index is 0.165. The van der Waals surface area contributed by atoms with E-state index in [0.717, 1.165) is 24.0 Å². The van der Waals surface area contributed by atoms with E-state index in [1.807, 2.05) is 18.2 Å². The van der Waals surface area contributed by atoms with Crippen LogP contribution in [0.5, 0.6) is 0 Å². The highest BCUT2D eigenvalue weighted by atomic mass is 16.4. The van der Waals surface area contributed by atoms with E-state index in [1.165, 1.54) is 46.4 Å². The number of benzene rings is 2. The van der Waals surface area contributed by atoms with E-state index < -0.39 is 5.97 Å². The number of carbonyl (C=O) groups is 1. The lowest BCUT2D eigenvalue weighted by atomic mass is 9.71. The molecule has 0 atom stereocenters. The third kappa shape index (κ3) is 6.43. The van der Waals surface area contributed by atoms with Crippen molar-refractivity contribution in [2.45, 2.75) is 53.4 Å². The number of hydrogen-bond donors (Lipinski definition) is 1. The van der Waals surface area contributed by atoms with Gasteiger partial charge in [-0.2, -0.15) is 0 Å². The van der Waals surface area contributed by atoms with Crippen LogP contribution >= 0.6 is 0 Å². The molecule has 0 amide bonds. The Morgan fingerprint density at radius 2 is 1.78 bits per heavy atom. The molecule has 0 aliphatic heterocycles. The first-order valence-corrected chi connectivity index (χ1v) is 11.4. The second kappa shape index (κ2) is 10.5. The van der Waals surface area contributed by atoms with Crippen LogP contribution in [0.1, 0.15) is 52.5 Å². The molecule has 0 aromatic heterocycles. The molecule has 1 aliphatic rings. The van der Waals surface area contributed by atoms with Gasteiger partial charge in [-0.15, -0.1) is 0 Å². The van der Waals surface area contributed by atoms with Gasteiger partial charge in [0.1, 0.15) is 0 Å². The summed E-state index contributed by atoms with van der Waals surface area (Å²) in [7, 11) is 0. The van der Waals surface area contributed by atoms with Crippen LogP contribution < -0.4 is 0 Å². The summed E-state index contributed by atoms with van der Waals surface area (Å²) >= 11 is 0. The lowest BCUT2D eigenvalue weighted by Crippen LogP contribution is -2.20. The Balaban J connectivity index is 1.84. The predicted molar refractivity (Wildman–Crippen MR) is 136 cm³/mol. The first-order chi connectivity index (χ1) is 15.2. The average Bonchev–Trinajstić information content (AvgIpc) is 2.72. The maximum absolute atomic E-state index is 10.7. The van der Waals surface area contributed by atoms with E-state index in [-0.39, 0.29) is 5.41 Å². The second-order valence-electron chi connectivity index (χ2n) is 9.44. The summed E-state index contributed by atoms with van der Waals surface area (Å²) in [6.45, 7) is 8.57. The number of aliphatic carboxylic acids is 1. The third-order valence-corrected chi connectivity index (χ3v) is 6.20. The number of allylic oxidation sites excluding steroid dienone is 9. The summed E-state index contributed by atoms with van der Waals surface area (Å²) in [6.07, 6.45) is 16.0. The summed E-state index contributed by atoms with van der Waals surface area (Å²) in [5, 5.41) is 11.4. The Kier molecular flexibility index (Phi) is 7.69. The number of hydrogen-bond acceptors (Lipinski definition) is 1. The van der Waals surface area contributed by atoms with Crippen LogP contribution in [0.25, 0.3) is 10.8 Å². The Morgan fingerprint density at radius 3 is 2.53 bits per heavy atom. The fourth-order valence-corrected chi connectivity index (χ4v) is 4.48. The Morgan fingerprint density at radius 1 is 1.03 bits per heavy atom. The summed E-state index contributed by atoms with van der Waals surface area (Å²) in [5.74, 6) is -0.918. The van der Waals surface area contributed by atoms with Crippen LogP contribution in [-0.4, -0.2) is 11.1 Å². The topological polar surface area (TPSA) is 37.3 Å². The molecule has 2 aromatic rings. The van der Waals surface area contributed by atoms with E-state index >= 15 is 0 Å². The van der Waals surface area contributed by atoms with Gasteiger partial charge in [-0.1, -0.05) is 97.8 Å². The zero-order valence-corrected chi connectivity index (χ0v) is 19.7. The highest BCUT2D eigenvalue weighted by molar-refractivity contribution is 5.83. The average molecular weight is 427 g/mol. The molecule has 1 N–H and O–H groups in total. The maximum Gasteiger partial charge on any atom is 0.328 e. The largest absolute Gasteiger partial charge is 0.478 e. The van der Waals surface area contributed by atoms with Crippen LogP contribution in [0.2, 0.25) is 0 Å². The van der Waals surface area contributed by atoms with Crippen LogP contribution in [0.15, 0.2) is 101 Å². The number of rotatable bonds is 7. The highest BCUT2D eigenvalue weighted by Crippen LogP contribution is 2.42. The molecular formula is C30H34O2. The van der Waals surface area contributed by atoms with E-state index in [2.05, 4.69) is 75.4 Å².